The van der Waals surface area contributed by atoms with E-state index in [0.29, 0.717) is 0 Å². The summed E-state index contributed by atoms with van der Waals surface area (Å²) in [6.07, 6.45) is 0. The van der Waals surface area contributed by atoms with Gasteiger partial charge in [0.15, 0.2) is 5.69 Å². The van der Waals surface area contributed by atoms with Crippen molar-refractivity contribution in [3.05, 3.63) is 60.3 Å². The van der Waals surface area contributed by atoms with E-state index in [0.717, 1.165) is 28.0 Å². The van der Waals surface area contributed by atoms with Gasteiger partial charge in [0.2, 0.25) is 5.52 Å². The summed E-state index contributed by atoms with van der Waals surface area (Å²) in [5.41, 5.74) is 4.07. The highest BCUT2D eigenvalue weighted by Gasteiger charge is 2.08. The summed E-state index contributed by atoms with van der Waals surface area (Å²) in [5.74, 6) is 0.258. The van der Waals surface area contributed by atoms with Crippen LogP contribution >= 0.6 is 0 Å². The fourth-order valence-corrected chi connectivity index (χ4v) is 2.21. The topological polar surface area (TPSA) is 46.4 Å². The van der Waals surface area contributed by atoms with Crippen LogP contribution in [0.15, 0.2) is 54.6 Å². The fraction of sp³-hybridized carbons (Fsp3) is 0.0625. The number of hydrogen-bond donors (Lipinski definition) is 2. The Balaban J connectivity index is 2.09. The van der Waals surface area contributed by atoms with Gasteiger partial charge >= 0.3 is 0 Å². The summed E-state index contributed by atoms with van der Waals surface area (Å²) in [6, 6.07) is 17.3. The van der Waals surface area contributed by atoms with E-state index < -0.39 is 0 Å². The summed E-state index contributed by atoms with van der Waals surface area (Å²) >= 11 is 0. The molecule has 0 saturated carbocycles. The highest BCUT2D eigenvalue weighted by molar-refractivity contribution is 5.91. The van der Waals surface area contributed by atoms with Crippen molar-refractivity contribution in [3.63, 3.8) is 0 Å². The number of H-pyrrole nitrogens is 1. The average molecular weight is 251 g/mol. The lowest BCUT2D eigenvalue weighted by Crippen LogP contribution is -2.09. The van der Waals surface area contributed by atoms with Gasteiger partial charge in [0.05, 0.1) is 11.1 Å². The molecule has 0 bridgehead atoms. The van der Waals surface area contributed by atoms with Gasteiger partial charge in [0.25, 0.3) is 0 Å². The Labute approximate surface area is 111 Å². The lowest BCUT2D eigenvalue weighted by Gasteiger charge is -2.08. The van der Waals surface area contributed by atoms with E-state index in [1.807, 2.05) is 31.2 Å². The summed E-state index contributed by atoms with van der Waals surface area (Å²) in [7, 11) is 0. The molecule has 0 aliphatic rings. The van der Waals surface area contributed by atoms with E-state index in [1.165, 1.54) is 0 Å². The lowest BCUT2D eigenvalue weighted by atomic mass is 10.1. The lowest BCUT2D eigenvalue weighted by molar-refractivity contribution is -0.354. The Morgan fingerprint density at radius 3 is 2.68 bits per heavy atom. The molecular weight excluding hydrogens is 236 g/mol. The molecule has 0 saturated heterocycles. The summed E-state index contributed by atoms with van der Waals surface area (Å²) in [4.78, 5) is 3.34. The number of aromatic amines is 1. The predicted octanol–water partition coefficient (Wildman–Crippen LogP) is 3.41. The maximum Gasteiger partial charge on any atom is 0.213 e. The van der Waals surface area contributed by atoms with Crippen molar-refractivity contribution >= 4 is 22.3 Å². The quantitative estimate of drug-likeness (QED) is 0.733. The molecule has 3 rings (SSSR count). The molecule has 0 aliphatic carbocycles. The third-order valence-electron chi connectivity index (χ3n) is 3.04. The molecular formula is C16H15N2O+. The third kappa shape index (κ3) is 2.36. The van der Waals surface area contributed by atoms with Gasteiger partial charge in [-0.25, -0.2) is 4.98 Å². The zero-order chi connectivity index (χ0) is 13.2. The van der Waals surface area contributed by atoms with Gasteiger partial charge in [-0.2, -0.15) is 0 Å². The molecule has 0 amide bonds. The third-order valence-corrected chi connectivity index (χ3v) is 3.04. The zero-order valence-electron chi connectivity index (χ0n) is 10.6. The molecule has 3 heteroatoms. The monoisotopic (exact) mass is 251 g/mol. The second-order valence-electron chi connectivity index (χ2n) is 4.59. The van der Waals surface area contributed by atoms with Gasteiger partial charge in [-0.05, 0) is 18.2 Å². The minimum Gasteiger partial charge on any atom is -0.508 e. The van der Waals surface area contributed by atoms with Crippen LogP contribution in [0.5, 0.6) is 5.75 Å². The number of pyridine rings is 1. The Morgan fingerprint density at radius 1 is 1.00 bits per heavy atom. The molecule has 0 aliphatic heterocycles. The Kier molecular flexibility index (Phi) is 2.80. The number of benzene rings is 2. The van der Waals surface area contributed by atoms with Crippen molar-refractivity contribution in [2.45, 2.75) is 6.92 Å². The summed E-state index contributed by atoms with van der Waals surface area (Å²) in [6.45, 7) is 2.03. The number of aromatic nitrogens is 1. The first-order valence-corrected chi connectivity index (χ1v) is 6.20. The molecule has 1 heterocycles. The first-order chi connectivity index (χ1) is 9.22. The van der Waals surface area contributed by atoms with Gasteiger partial charge in [-0.3, -0.25) is 0 Å². The van der Waals surface area contributed by atoms with Crippen LogP contribution < -0.4 is 10.3 Å². The first-order valence-electron chi connectivity index (χ1n) is 6.20. The normalized spacial score (nSPS) is 10.6. The van der Waals surface area contributed by atoms with Crippen LogP contribution in [0, 0.1) is 6.92 Å². The molecule has 0 atom stereocenters. The standard InChI is InChI=1S/C16H14N2O/c1-11-9-16(14-7-2-3-8-15(14)17-11)18-12-5-4-6-13(19)10-12/h2-10,19H,1H3,(H,17,18)/p+1. The molecule has 1 aromatic heterocycles. The van der Waals surface area contributed by atoms with Crippen LogP contribution in [0.4, 0.5) is 11.4 Å². The predicted molar refractivity (Wildman–Crippen MR) is 76.6 cm³/mol. The number of aryl methyl sites for hydroxylation is 1. The molecule has 0 spiro atoms. The number of phenolic OH excluding ortho intramolecular Hbond substituents is 1. The van der Waals surface area contributed by atoms with Crippen molar-refractivity contribution in [2.24, 2.45) is 0 Å². The number of phenols is 1. The van der Waals surface area contributed by atoms with Crippen molar-refractivity contribution in [1.29, 1.82) is 0 Å². The Bertz CT molecular complexity index is 738. The highest BCUT2D eigenvalue weighted by atomic mass is 16.3. The van der Waals surface area contributed by atoms with Crippen molar-refractivity contribution < 1.29 is 10.1 Å². The van der Waals surface area contributed by atoms with Crippen molar-refractivity contribution in [3.8, 4) is 5.75 Å². The van der Waals surface area contributed by atoms with Gasteiger partial charge in [-0.15, -0.1) is 0 Å². The molecule has 19 heavy (non-hydrogen) atoms. The van der Waals surface area contributed by atoms with Gasteiger partial charge in [0.1, 0.15) is 5.75 Å². The maximum absolute atomic E-state index is 9.51. The highest BCUT2D eigenvalue weighted by Crippen LogP contribution is 2.26. The second-order valence-corrected chi connectivity index (χ2v) is 4.59. The number of hydrogen-bond acceptors (Lipinski definition) is 2. The van der Waals surface area contributed by atoms with E-state index in [1.54, 1.807) is 12.1 Å². The number of aromatic hydroxyl groups is 1. The number of anilines is 2. The molecule has 3 aromatic rings. The Hall–Kier alpha value is -2.55. The van der Waals surface area contributed by atoms with E-state index in [9.17, 15) is 5.11 Å². The van der Waals surface area contributed by atoms with Crippen LogP contribution in [-0.2, 0) is 0 Å². The number of rotatable bonds is 2. The fourth-order valence-electron chi connectivity index (χ4n) is 2.21. The molecule has 0 radical (unpaired) electrons. The van der Waals surface area contributed by atoms with Crippen LogP contribution in [0.25, 0.3) is 10.9 Å². The van der Waals surface area contributed by atoms with Crippen LogP contribution in [-0.4, -0.2) is 5.11 Å². The SMILES string of the molecule is Cc1cc(Nc2cccc(O)c2)c2ccccc2[nH+]1. The number of fused-ring (bicyclic) bond motifs is 1. The molecule has 0 fully saturated rings. The van der Waals surface area contributed by atoms with Gasteiger partial charge < -0.3 is 10.4 Å². The van der Waals surface area contributed by atoms with E-state index in [2.05, 4.69) is 28.5 Å². The average Bonchev–Trinajstić information content (AvgIpc) is 2.38. The maximum atomic E-state index is 9.51. The molecule has 3 nitrogen and oxygen atoms in total. The van der Waals surface area contributed by atoms with E-state index >= 15 is 0 Å². The van der Waals surface area contributed by atoms with Crippen molar-refractivity contribution in [1.82, 2.24) is 0 Å². The van der Waals surface area contributed by atoms with Crippen LogP contribution in [0.1, 0.15) is 5.69 Å². The largest absolute Gasteiger partial charge is 0.508 e. The number of para-hydroxylation sites is 1. The summed E-state index contributed by atoms with van der Waals surface area (Å²) in [5, 5.41) is 14.0. The first kappa shape index (κ1) is 11.5. The molecule has 3 N–H and O–H groups in total. The zero-order valence-corrected chi connectivity index (χ0v) is 10.6. The van der Waals surface area contributed by atoms with E-state index in [-0.39, 0.29) is 5.75 Å². The van der Waals surface area contributed by atoms with Crippen LogP contribution in [0.3, 0.4) is 0 Å². The van der Waals surface area contributed by atoms with Crippen molar-refractivity contribution in [2.75, 3.05) is 5.32 Å². The summed E-state index contributed by atoms with van der Waals surface area (Å²) < 4.78 is 0. The second kappa shape index (κ2) is 4.61. The number of nitrogens with one attached hydrogen (secondary N) is 2. The van der Waals surface area contributed by atoms with E-state index in [4.69, 9.17) is 0 Å². The smallest absolute Gasteiger partial charge is 0.213 e. The minimum atomic E-state index is 0.258. The molecule has 0 unspecified atom stereocenters. The van der Waals surface area contributed by atoms with Gasteiger partial charge in [-0.1, -0.05) is 18.2 Å². The molecule has 2 aromatic carbocycles. The Morgan fingerprint density at radius 2 is 1.84 bits per heavy atom. The van der Waals surface area contributed by atoms with Gasteiger partial charge in [0, 0.05) is 30.8 Å². The van der Waals surface area contributed by atoms with Crippen LogP contribution in [0.2, 0.25) is 0 Å². The molecule has 94 valence electrons. The minimum absolute atomic E-state index is 0.258.